The van der Waals surface area contributed by atoms with Gasteiger partial charge in [-0.15, -0.1) is 0 Å². The summed E-state index contributed by atoms with van der Waals surface area (Å²) in [5, 5.41) is 0. The predicted octanol–water partition coefficient (Wildman–Crippen LogP) is 7.78. The Kier molecular flexibility index (Phi) is 15.0. The number of carbonyl (C=O) groups is 1. The molecule has 5 rings (SSSR count). The summed E-state index contributed by atoms with van der Waals surface area (Å²) in [4.78, 5) is 22.8. The molecule has 9 nitrogen and oxygen atoms in total. The second-order valence-corrected chi connectivity index (χ2v) is 13.0. The minimum Gasteiger partial charge on any atom is -0.496 e. The first-order chi connectivity index (χ1) is 24.3. The number of hydrogen-bond donors (Lipinski definition) is 0. The van der Waals surface area contributed by atoms with Gasteiger partial charge in [0.2, 0.25) is 0 Å². The highest BCUT2D eigenvalue weighted by atomic mass is 16.5. The topological polar surface area (TPSA) is 78.3 Å². The zero-order chi connectivity index (χ0) is 35.9. The lowest BCUT2D eigenvalue weighted by Gasteiger charge is -2.33. The van der Waals surface area contributed by atoms with Crippen LogP contribution < -0.4 is 14.2 Å². The Bertz CT molecular complexity index is 1620. The van der Waals surface area contributed by atoms with E-state index in [0.29, 0.717) is 35.9 Å². The molecule has 4 aromatic rings. The number of aromatic nitrogens is 2. The molecular formula is C41H58N4O5. The van der Waals surface area contributed by atoms with Gasteiger partial charge in [0.25, 0.3) is 5.91 Å². The zero-order valence-electron chi connectivity index (χ0n) is 31.4. The summed E-state index contributed by atoms with van der Waals surface area (Å²) in [6.45, 7) is 15.7. The smallest absolute Gasteiger partial charge is 0.257 e. The van der Waals surface area contributed by atoms with E-state index in [4.69, 9.17) is 18.9 Å². The van der Waals surface area contributed by atoms with E-state index in [9.17, 15) is 4.79 Å². The van der Waals surface area contributed by atoms with Crippen molar-refractivity contribution < 1.29 is 23.7 Å². The van der Waals surface area contributed by atoms with Crippen LogP contribution in [0.15, 0.2) is 66.7 Å². The number of rotatable bonds is 17. The predicted molar refractivity (Wildman–Crippen MR) is 202 cm³/mol. The standard InChI is InChI=1S/C29H42N2O4.C12H16N2O/c1-6-8-17-30(16-7-2)18-14-29(23-12-10-9-11-13-23)15-19-31(22-29)28(32)24-20-26(34-4)27(35-5)21-25(24)33-3;1-3-15-9-8-14-10(2)13-11-6-4-5-7-12(11)14/h9-13,20-21H,6-8,14-19,22H2,1-5H3;4-7H,3,8-9H2,1-2H3. The van der Waals surface area contributed by atoms with Crippen LogP contribution in [0.3, 0.4) is 0 Å². The van der Waals surface area contributed by atoms with Crippen molar-refractivity contribution in [3.63, 3.8) is 0 Å². The number of hydrogen-bond acceptors (Lipinski definition) is 7. The summed E-state index contributed by atoms with van der Waals surface area (Å²) < 4.78 is 24.0. The molecule has 0 aliphatic carbocycles. The first-order valence-corrected chi connectivity index (χ1v) is 18.2. The van der Waals surface area contributed by atoms with Crippen molar-refractivity contribution in [1.82, 2.24) is 19.4 Å². The zero-order valence-corrected chi connectivity index (χ0v) is 31.4. The summed E-state index contributed by atoms with van der Waals surface area (Å²) in [7, 11) is 4.74. The molecule has 1 aliphatic heterocycles. The number of para-hydroxylation sites is 2. The minimum absolute atomic E-state index is 0.0305. The van der Waals surface area contributed by atoms with Crippen LogP contribution in [0.2, 0.25) is 0 Å². The van der Waals surface area contributed by atoms with Gasteiger partial charge in [-0.25, -0.2) is 4.98 Å². The number of aryl methyl sites for hydroxylation is 1. The van der Waals surface area contributed by atoms with Crippen LogP contribution in [0, 0.1) is 6.92 Å². The average molecular weight is 687 g/mol. The van der Waals surface area contributed by atoms with Gasteiger partial charge in [-0.3, -0.25) is 4.79 Å². The number of imidazole rings is 1. The van der Waals surface area contributed by atoms with E-state index in [1.807, 2.05) is 36.9 Å². The van der Waals surface area contributed by atoms with Crippen LogP contribution >= 0.6 is 0 Å². The maximum absolute atomic E-state index is 13.7. The van der Waals surface area contributed by atoms with Gasteiger partial charge < -0.3 is 33.3 Å². The molecule has 3 aromatic carbocycles. The van der Waals surface area contributed by atoms with Crippen molar-refractivity contribution in [2.45, 2.75) is 71.8 Å². The Morgan fingerprint density at radius 3 is 2.24 bits per heavy atom. The van der Waals surface area contributed by atoms with E-state index in [2.05, 4.69) is 64.7 Å². The minimum atomic E-state index is -0.0566. The number of unbranched alkanes of at least 4 members (excludes halogenated alkanes) is 1. The van der Waals surface area contributed by atoms with Gasteiger partial charge >= 0.3 is 0 Å². The molecule has 2 heterocycles. The Morgan fingerprint density at radius 1 is 0.860 bits per heavy atom. The number of benzene rings is 3. The van der Waals surface area contributed by atoms with E-state index in [1.165, 1.54) is 23.9 Å². The van der Waals surface area contributed by atoms with Gasteiger partial charge in [-0.2, -0.15) is 0 Å². The molecule has 1 amide bonds. The van der Waals surface area contributed by atoms with E-state index in [-0.39, 0.29) is 11.3 Å². The van der Waals surface area contributed by atoms with Crippen LogP contribution in [0.25, 0.3) is 11.0 Å². The van der Waals surface area contributed by atoms with Gasteiger partial charge in [0.1, 0.15) is 11.6 Å². The molecule has 272 valence electrons. The van der Waals surface area contributed by atoms with Crippen LogP contribution in [0.5, 0.6) is 17.2 Å². The lowest BCUT2D eigenvalue weighted by molar-refractivity contribution is 0.0777. The summed E-state index contributed by atoms with van der Waals surface area (Å²) in [6.07, 6.45) is 5.58. The fourth-order valence-electron chi connectivity index (χ4n) is 6.97. The quantitative estimate of drug-likeness (QED) is 0.105. The summed E-state index contributed by atoms with van der Waals surface area (Å²) in [5.74, 6) is 2.59. The van der Waals surface area contributed by atoms with Crippen molar-refractivity contribution in [3.05, 3.63) is 83.7 Å². The Balaban J connectivity index is 0.000000310. The second-order valence-electron chi connectivity index (χ2n) is 13.0. The van der Waals surface area contributed by atoms with Gasteiger partial charge in [-0.05, 0) is 76.9 Å². The van der Waals surface area contributed by atoms with Crippen LogP contribution in [-0.4, -0.2) is 92.5 Å². The van der Waals surface area contributed by atoms with Crippen LogP contribution in [0.4, 0.5) is 0 Å². The monoisotopic (exact) mass is 686 g/mol. The van der Waals surface area contributed by atoms with Crippen LogP contribution in [-0.2, 0) is 16.7 Å². The highest BCUT2D eigenvalue weighted by Crippen LogP contribution is 2.41. The Hall–Kier alpha value is -4.08. The van der Waals surface area contributed by atoms with Crippen molar-refractivity contribution >= 4 is 16.9 Å². The van der Waals surface area contributed by atoms with E-state index >= 15 is 0 Å². The third-order valence-electron chi connectivity index (χ3n) is 9.75. The van der Waals surface area contributed by atoms with Gasteiger partial charge in [-0.1, -0.05) is 62.7 Å². The lowest BCUT2D eigenvalue weighted by atomic mass is 9.76. The number of likely N-dealkylation sites (tertiary alicyclic amines) is 1. The van der Waals surface area contributed by atoms with Crippen LogP contribution in [0.1, 0.15) is 74.6 Å². The Morgan fingerprint density at radius 2 is 1.56 bits per heavy atom. The third kappa shape index (κ3) is 9.58. The largest absolute Gasteiger partial charge is 0.496 e. The molecule has 1 aromatic heterocycles. The number of ether oxygens (including phenoxy) is 4. The molecular weight excluding hydrogens is 628 g/mol. The molecule has 0 bridgehead atoms. The molecule has 50 heavy (non-hydrogen) atoms. The average Bonchev–Trinajstić information content (AvgIpc) is 3.74. The molecule has 9 heteroatoms. The molecule has 0 saturated carbocycles. The SMILES string of the molecule is CCCCN(CCC)CCC1(c2ccccc2)CCN(C(=O)c2cc(OC)c(OC)cc2OC)C1.CCOCCn1c(C)nc2ccccc21. The maximum atomic E-state index is 13.7. The number of nitrogens with zero attached hydrogens (tertiary/aromatic N) is 4. The third-order valence-corrected chi connectivity index (χ3v) is 9.75. The molecule has 1 atom stereocenters. The molecule has 1 aliphatic rings. The summed E-state index contributed by atoms with van der Waals surface area (Å²) in [5.41, 5.74) is 4.02. The highest BCUT2D eigenvalue weighted by Gasteiger charge is 2.42. The number of methoxy groups -OCH3 is 3. The molecule has 0 spiro atoms. The number of fused-ring (bicyclic) bond motifs is 1. The molecule has 1 saturated heterocycles. The maximum Gasteiger partial charge on any atom is 0.257 e. The molecule has 0 N–H and O–H groups in total. The molecule has 1 unspecified atom stereocenters. The first kappa shape index (κ1) is 38.7. The second kappa shape index (κ2) is 19.3. The van der Waals surface area contributed by atoms with E-state index in [0.717, 1.165) is 70.0 Å². The van der Waals surface area contributed by atoms with Gasteiger partial charge in [0.05, 0.1) is 44.5 Å². The summed E-state index contributed by atoms with van der Waals surface area (Å²) >= 11 is 0. The van der Waals surface area contributed by atoms with Gasteiger partial charge in [0.15, 0.2) is 11.5 Å². The van der Waals surface area contributed by atoms with Crippen molar-refractivity contribution in [3.8, 4) is 17.2 Å². The van der Waals surface area contributed by atoms with Crippen molar-refractivity contribution in [2.24, 2.45) is 0 Å². The fourth-order valence-corrected chi connectivity index (χ4v) is 6.97. The number of carbonyl (C=O) groups excluding carboxylic acids is 1. The van der Waals surface area contributed by atoms with Crippen molar-refractivity contribution in [1.29, 1.82) is 0 Å². The van der Waals surface area contributed by atoms with Gasteiger partial charge in [0, 0.05) is 43.8 Å². The first-order valence-electron chi connectivity index (χ1n) is 18.2. The van der Waals surface area contributed by atoms with E-state index in [1.54, 1.807) is 33.5 Å². The molecule has 1 fully saturated rings. The highest BCUT2D eigenvalue weighted by molar-refractivity contribution is 5.98. The fraction of sp³-hybridized carbons (Fsp3) is 0.512. The lowest BCUT2D eigenvalue weighted by Crippen LogP contribution is -2.38. The normalized spacial score (nSPS) is 15.6. The molecule has 0 radical (unpaired) electrons. The Labute approximate surface area is 299 Å². The number of amides is 1. The van der Waals surface area contributed by atoms with Crippen molar-refractivity contribution in [2.75, 3.05) is 67.3 Å². The van der Waals surface area contributed by atoms with E-state index < -0.39 is 0 Å². The summed E-state index contributed by atoms with van der Waals surface area (Å²) in [6, 6.07) is 22.4.